The van der Waals surface area contributed by atoms with Crippen molar-refractivity contribution in [3.8, 4) is 0 Å². The van der Waals surface area contributed by atoms with Crippen molar-refractivity contribution in [2.24, 2.45) is 13.0 Å². The number of hydrogen-bond donors (Lipinski definition) is 1. The first-order chi connectivity index (χ1) is 20.0. The number of aryl methyl sites for hydroxylation is 1. The van der Waals surface area contributed by atoms with Crippen LogP contribution < -0.4 is 0 Å². The topological polar surface area (TPSA) is 61.6 Å². The van der Waals surface area contributed by atoms with E-state index in [1.165, 1.54) is 67.7 Å². The molecule has 2 saturated heterocycles. The summed E-state index contributed by atoms with van der Waals surface area (Å²) in [4.78, 5) is 16.4. The number of carboxylic acid groups (broad SMARTS) is 1. The smallest absolute Gasteiger partial charge is 0.321 e. The van der Waals surface area contributed by atoms with Crippen molar-refractivity contribution in [2.45, 2.75) is 75.7 Å². The Balaban J connectivity index is 0.000000165. The lowest BCUT2D eigenvalue weighted by Crippen LogP contribution is -2.45. The number of likely N-dealkylation sites (tertiary alicyclic amines) is 2. The molecule has 1 saturated carbocycles. The minimum atomic E-state index is -0.615. The summed E-state index contributed by atoms with van der Waals surface area (Å²) in [6.45, 7) is 4.22. The summed E-state index contributed by atoms with van der Waals surface area (Å²) >= 11 is 0. The Bertz CT molecular complexity index is 1210. The Morgan fingerprint density at radius 1 is 0.854 bits per heavy atom. The molecule has 0 bridgehead atoms. The second-order valence-corrected chi connectivity index (χ2v) is 12.5. The number of nitrogens with zero attached hydrogens (tertiary/aromatic N) is 4. The van der Waals surface area contributed by atoms with Crippen LogP contribution in [0.25, 0.3) is 0 Å². The van der Waals surface area contributed by atoms with Crippen LogP contribution in [0.2, 0.25) is 0 Å². The van der Waals surface area contributed by atoms with Crippen LogP contribution >= 0.6 is 0 Å². The molecule has 0 radical (unpaired) electrons. The number of carboxylic acids is 1. The average Bonchev–Trinajstić information content (AvgIpc) is 3.62. The summed E-state index contributed by atoms with van der Waals surface area (Å²) in [5, 5.41) is 14.4. The van der Waals surface area contributed by atoms with Gasteiger partial charge in [0.2, 0.25) is 0 Å². The molecule has 3 heterocycles. The predicted molar refractivity (Wildman–Crippen MR) is 165 cm³/mol. The molecule has 1 unspecified atom stereocenters. The third kappa shape index (κ3) is 7.87. The van der Waals surface area contributed by atoms with Gasteiger partial charge < -0.3 is 10.0 Å². The van der Waals surface area contributed by atoms with E-state index in [-0.39, 0.29) is 6.04 Å². The molecule has 1 N–H and O–H groups in total. The number of aromatic nitrogens is 2. The molecule has 0 spiro atoms. The van der Waals surface area contributed by atoms with Gasteiger partial charge in [-0.2, -0.15) is 5.10 Å². The number of piperidine rings is 1. The summed E-state index contributed by atoms with van der Waals surface area (Å²) in [5.41, 5.74) is 5.28. The molecular weight excluding hydrogens is 508 g/mol. The Morgan fingerprint density at radius 2 is 1.49 bits per heavy atom. The molecule has 2 atom stereocenters. The van der Waals surface area contributed by atoms with E-state index >= 15 is 0 Å². The van der Waals surface area contributed by atoms with Crippen LogP contribution in [0.3, 0.4) is 0 Å². The molecule has 3 aliphatic rings. The Labute approximate surface area is 246 Å². The number of rotatable bonds is 7. The van der Waals surface area contributed by atoms with Gasteiger partial charge >= 0.3 is 5.97 Å². The van der Waals surface area contributed by atoms with Gasteiger partial charge in [-0.15, -0.1) is 0 Å². The largest absolute Gasteiger partial charge is 0.480 e. The highest BCUT2D eigenvalue weighted by molar-refractivity contribution is 5.74. The highest BCUT2D eigenvalue weighted by Crippen LogP contribution is 2.34. The van der Waals surface area contributed by atoms with E-state index in [9.17, 15) is 9.90 Å². The first kappa shape index (κ1) is 29.5. The molecule has 3 fully saturated rings. The maximum atomic E-state index is 11.8. The fourth-order valence-electron chi connectivity index (χ4n) is 7.26. The molecule has 220 valence electrons. The minimum Gasteiger partial charge on any atom is -0.480 e. The standard InChI is InChI=1S/C18H25NO2.C17H23N3/c20-18(21)17(15-9-5-2-6-10-15)19-12-11-16(13-19)14-7-3-1-4-8-14;1-19-10-8-15(9-11-19)17-13-16(18-20(17)2)12-14-6-4-3-5-7-14/h1,3-4,7-8,15-17H,2,5-6,9-13H2,(H,20,21);3-7,13,15H,8-12H2,1-2H3/t16?,17-;/m1./s1. The van der Waals surface area contributed by atoms with Gasteiger partial charge in [-0.05, 0) is 87.8 Å². The van der Waals surface area contributed by atoms with Crippen molar-refractivity contribution in [2.75, 3.05) is 33.2 Å². The van der Waals surface area contributed by atoms with Crippen molar-refractivity contribution in [1.82, 2.24) is 19.6 Å². The fraction of sp³-hybridized carbons (Fsp3) is 0.543. The van der Waals surface area contributed by atoms with Crippen molar-refractivity contribution >= 4 is 5.97 Å². The van der Waals surface area contributed by atoms with E-state index in [1.807, 2.05) is 6.07 Å². The summed E-state index contributed by atoms with van der Waals surface area (Å²) in [6.07, 6.45) is 10.4. The van der Waals surface area contributed by atoms with Crippen LogP contribution in [0, 0.1) is 5.92 Å². The van der Waals surface area contributed by atoms with E-state index in [0.29, 0.717) is 17.8 Å². The van der Waals surface area contributed by atoms with Gasteiger partial charge in [0.1, 0.15) is 6.04 Å². The van der Waals surface area contributed by atoms with Crippen LogP contribution in [-0.4, -0.2) is 69.9 Å². The zero-order valence-corrected chi connectivity index (χ0v) is 25.0. The third-order valence-corrected chi connectivity index (χ3v) is 9.56. The van der Waals surface area contributed by atoms with E-state index in [2.05, 4.69) is 89.2 Å². The van der Waals surface area contributed by atoms with Gasteiger partial charge in [0.15, 0.2) is 0 Å². The summed E-state index contributed by atoms with van der Waals surface area (Å²) in [6, 6.07) is 23.2. The first-order valence-electron chi connectivity index (χ1n) is 15.7. The quantitative estimate of drug-likeness (QED) is 0.369. The summed E-state index contributed by atoms with van der Waals surface area (Å²) in [5.74, 6) is 0.909. The maximum absolute atomic E-state index is 11.8. The van der Waals surface area contributed by atoms with Gasteiger partial charge in [-0.1, -0.05) is 79.9 Å². The van der Waals surface area contributed by atoms with Gasteiger partial charge in [0, 0.05) is 31.6 Å². The minimum absolute atomic E-state index is 0.265. The van der Waals surface area contributed by atoms with Crippen molar-refractivity contribution in [1.29, 1.82) is 0 Å². The highest BCUT2D eigenvalue weighted by Gasteiger charge is 2.38. The first-order valence-corrected chi connectivity index (χ1v) is 15.7. The zero-order valence-electron chi connectivity index (χ0n) is 25.0. The van der Waals surface area contributed by atoms with Crippen LogP contribution in [0.15, 0.2) is 66.7 Å². The lowest BCUT2D eigenvalue weighted by molar-refractivity contribution is -0.145. The van der Waals surface area contributed by atoms with Gasteiger partial charge in [0.05, 0.1) is 5.69 Å². The van der Waals surface area contributed by atoms with E-state index < -0.39 is 5.97 Å². The molecule has 6 rings (SSSR count). The predicted octanol–water partition coefficient (Wildman–Crippen LogP) is 6.33. The normalized spacial score (nSPS) is 21.8. The lowest BCUT2D eigenvalue weighted by Gasteiger charge is -2.33. The number of carbonyl (C=O) groups is 1. The second-order valence-electron chi connectivity index (χ2n) is 12.5. The average molecular weight is 557 g/mol. The maximum Gasteiger partial charge on any atom is 0.321 e. The fourth-order valence-corrected chi connectivity index (χ4v) is 7.26. The lowest BCUT2D eigenvalue weighted by atomic mass is 9.83. The van der Waals surface area contributed by atoms with E-state index in [0.717, 1.165) is 38.8 Å². The molecule has 1 aliphatic carbocycles. The molecule has 3 aromatic rings. The molecule has 6 heteroatoms. The van der Waals surface area contributed by atoms with Crippen LogP contribution in [-0.2, 0) is 18.3 Å². The molecule has 1 aromatic heterocycles. The van der Waals surface area contributed by atoms with E-state index in [1.54, 1.807) is 0 Å². The number of hydrogen-bond acceptors (Lipinski definition) is 4. The van der Waals surface area contributed by atoms with Crippen molar-refractivity contribution in [3.63, 3.8) is 0 Å². The molecule has 2 aliphatic heterocycles. The van der Waals surface area contributed by atoms with E-state index in [4.69, 9.17) is 5.10 Å². The molecule has 41 heavy (non-hydrogen) atoms. The van der Waals surface area contributed by atoms with Crippen LogP contribution in [0.5, 0.6) is 0 Å². The van der Waals surface area contributed by atoms with Crippen LogP contribution in [0.1, 0.15) is 85.7 Å². The number of benzene rings is 2. The molecule has 0 amide bonds. The molecular formula is C35H48N4O2. The molecule has 6 nitrogen and oxygen atoms in total. The second kappa shape index (κ2) is 14.3. The van der Waals surface area contributed by atoms with Crippen molar-refractivity contribution in [3.05, 3.63) is 89.2 Å². The monoisotopic (exact) mass is 556 g/mol. The molecule has 2 aromatic carbocycles. The Kier molecular flexibility index (Phi) is 10.3. The van der Waals surface area contributed by atoms with Gasteiger partial charge in [-0.25, -0.2) is 0 Å². The van der Waals surface area contributed by atoms with Gasteiger partial charge in [0.25, 0.3) is 0 Å². The summed E-state index contributed by atoms with van der Waals surface area (Å²) in [7, 11) is 4.29. The Hall–Kier alpha value is -2.96. The zero-order chi connectivity index (χ0) is 28.6. The van der Waals surface area contributed by atoms with Gasteiger partial charge in [-0.3, -0.25) is 14.4 Å². The Morgan fingerprint density at radius 3 is 2.15 bits per heavy atom. The van der Waals surface area contributed by atoms with Crippen molar-refractivity contribution < 1.29 is 9.90 Å². The van der Waals surface area contributed by atoms with Crippen LogP contribution in [0.4, 0.5) is 0 Å². The SMILES string of the molecule is CN1CCC(c2cc(Cc3ccccc3)nn2C)CC1.O=C(O)[C@@H](C1CCCCC1)N1CCC(c2ccccc2)C1. The summed E-state index contributed by atoms with van der Waals surface area (Å²) < 4.78 is 2.09. The number of aliphatic carboxylic acids is 1. The highest BCUT2D eigenvalue weighted by atomic mass is 16.4. The third-order valence-electron chi connectivity index (χ3n) is 9.56.